The largest absolute Gasteiger partial charge is 0.503 e. The lowest BCUT2D eigenvalue weighted by molar-refractivity contribution is -0.129. The van der Waals surface area contributed by atoms with Gasteiger partial charge >= 0.3 is 0 Å². The quantitative estimate of drug-likeness (QED) is 0.343. The number of Topliss-reactive ketones (excluding diaryl/α,β-unsaturated/α-hetero) is 1. The fraction of sp³-hybridized carbons (Fsp3) is 0.200. The van der Waals surface area contributed by atoms with Crippen LogP contribution >= 0.6 is 0 Å². The summed E-state index contributed by atoms with van der Waals surface area (Å²) in [5.74, 6) is -0.0816. The summed E-state index contributed by atoms with van der Waals surface area (Å²) in [5, 5.41) is 12.0. The number of benzene rings is 3. The van der Waals surface area contributed by atoms with Gasteiger partial charge < -0.3 is 24.5 Å². The molecule has 0 spiro atoms. The molecule has 7 nitrogen and oxygen atoms in total. The van der Waals surface area contributed by atoms with Crippen LogP contribution in [-0.2, 0) is 22.4 Å². The number of carbonyl (C=O) groups is 2. The highest BCUT2D eigenvalue weighted by molar-refractivity contribution is 6.09. The minimum Gasteiger partial charge on any atom is -0.503 e. The van der Waals surface area contributed by atoms with Gasteiger partial charge in [-0.05, 0) is 41.8 Å². The molecule has 1 amide bonds. The van der Waals surface area contributed by atoms with Gasteiger partial charge in [0.05, 0.1) is 25.8 Å². The van der Waals surface area contributed by atoms with Crippen LogP contribution in [0.3, 0.4) is 0 Å². The number of nitrogens with zero attached hydrogens (tertiary/aromatic N) is 1. The zero-order valence-corrected chi connectivity index (χ0v) is 20.7. The number of ether oxygens (including phenoxy) is 2. The van der Waals surface area contributed by atoms with Gasteiger partial charge in [0.25, 0.3) is 5.91 Å². The number of aromatic amines is 1. The lowest BCUT2D eigenvalue weighted by Crippen LogP contribution is -2.33. The number of H-pyrrole nitrogens is 1. The second kappa shape index (κ2) is 10.2. The van der Waals surface area contributed by atoms with E-state index in [1.807, 2.05) is 72.9 Å². The predicted molar refractivity (Wildman–Crippen MR) is 141 cm³/mol. The van der Waals surface area contributed by atoms with E-state index in [0.29, 0.717) is 17.7 Å². The fourth-order valence-electron chi connectivity index (χ4n) is 4.99. The van der Waals surface area contributed by atoms with Gasteiger partial charge in [0.2, 0.25) is 0 Å². The van der Waals surface area contributed by atoms with Crippen molar-refractivity contribution in [1.82, 2.24) is 9.88 Å². The minimum absolute atomic E-state index is 0.0786. The summed E-state index contributed by atoms with van der Waals surface area (Å²) in [6, 6.07) is 21.6. The maximum absolute atomic E-state index is 13.5. The number of hydrogen-bond acceptors (Lipinski definition) is 5. The van der Waals surface area contributed by atoms with Crippen molar-refractivity contribution in [3.63, 3.8) is 0 Å². The van der Waals surface area contributed by atoms with Crippen molar-refractivity contribution in [3.8, 4) is 11.5 Å². The number of para-hydroxylation sites is 1. The third-order valence-corrected chi connectivity index (χ3v) is 6.84. The van der Waals surface area contributed by atoms with Crippen LogP contribution in [0.2, 0.25) is 0 Å². The molecule has 7 heteroatoms. The standard InChI is InChI=1S/C30H28N2O5/c1-36-21-12-13-24-23(17-21)20(18-31-24)14-15-32-28(22-10-6-7-11-26(22)37-2)27(29(34)30(32)35)25(33)16-19-8-4-3-5-9-19/h3-13,17-18,28,31,34H,14-16H2,1-2H3/t28-/m1/s1. The summed E-state index contributed by atoms with van der Waals surface area (Å²) < 4.78 is 11.0. The van der Waals surface area contributed by atoms with Gasteiger partial charge in [-0.15, -0.1) is 0 Å². The first kappa shape index (κ1) is 24.2. The van der Waals surface area contributed by atoms with Crippen LogP contribution in [0.4, 0.5) is 0 Å². The van der Waals surface area contributed by atoms with Crippen LogP contribution in [0.15, 0.2) is 90.3 Å². The van der Waals surface area contributed by atoms with E-state index in [0.717, 1.165) is 27.8 Å². The summed E-state index contributed by atoms with van der Waals surface area (Å²) in [7, 11) is 3.17. The van der Waals surface area contributed by atoms with Gasteiger partial charge in [0, 0.05) is 35.6 Å². The molecule has 1 aliphatic rings. The molecule has 0 bridgehead atoms. The Morgan fingerprint density at radius 3 is 2.51 bits per heavy atom. The second-order valence-corrected chi connectivity index (χ2v) is 8.97. The number of rotatable bonds is 9. The topological polar surface area (TPSA) is 91.9 Å². The van der Waals surface area contributed by atoms with E-state index in [1.165, 1.54) is 0 Å². The molecule has 2 heterocycles. The molecule has 188 valence electrons. The van der Waals surface area contributed by atoms with Crippen LogP contribution < -0.4 is 9.47 Å². The Hall–Kier alpha value is -4.52. The van der Waals surface area contributed by atoms with E-state index in [4.69, 9.17) is 9.47 Å². The minimum atomic E-state index is -0.764. The molecule has 4 aromatic rings. The molecular formula is C30H28N2O5. The first-order valence-electron chi connectivity index (χ1n) is 12.1. The zero-order valence-electron chi connectivity index (χ0n) is 20.7. The van der Waals surface area contributed by atoms with Crippen molar-refractivity contribution in [2.24, 2.45) is 0 Å². The van der Waals surface area contributed by atoms with Crippen LogP contribution in [0, 0.1) is 0 Å². The normalized spacial score (nSPS) is 15.5. The van der Waals surface area contributed by atoms with Gasteiger partial charge in [-0.1, -0.05) is 48.5 Å². The lowest BCUT2D eigenvalue weighted by Gasteiger charge is -2.28. The molecule has 0 saturated carbocycles. The van der Waals surface area contributed by atoms with Crippen LogP contribution in [-0.4, -0.2) is 47.4 Å². The summed E-state index contributed by atoms with van der Waals surface area (Å²) in [5.41, 5.74) is 3.53. The molecule has 2 N–H and O–H groups in total. The number of hydrogen-bond donors (Lipinski definition) is 2. The predicted octanol–water partition coefficient (Wildman–Crippen LogP) is 4.94. The maximum atomic E-state index is 13.5. The molecule has 3 aromatic carbocycles. The van der Waals surface area contributed by atoms with E-state index in [9.17, 15) is 14.7 Å². The van der Waals surface area contributed by atoms with Gasteiger partial charge in [-0.3, -0.25) is 9.59 Å². The van der Waals surface area contributed by atoms with Crippen molar-refractivity contribution in [1.29, 1.82) is 0 Å². The van der Waals surface area contributed by atoms with Crippen LogP contribution in [0.1, 0.15) is 22.7 Å². The Morgan fingerprint density at radius 1 is 1.00 bits per heavy atom. The monoisotopic (exact) mass is 496 g/mol. The van der Waals surface area contributed by atoms with E-state index in [1.54, 1.807) is 25.2 Å². The second-order valence-electron chi connectivity index (χ2n) is 8.97. The van der Waals surface area contributed by atoms with Crippen molar-refractivity contribution >= 4 is 22.6 Å². The Kier molecular flexibility index (Phi) is 6.68. The number of ketones is 1. The molecule has 0 unspecified atom stereocenters. The zero-order chi connectivity index (χ0) is 25.9. The van der Waals surface area contributed by atoms with E-state index < -0.39 is 17.7 Å². The number of fused-ring (bicyclic) bond motifs is 1. The lowest BCUT2D eigenvalue weighted by atomic mass is 9.92. The highest BCUT2D eigenvalue weighted by atomic mass is 16.5. The molecule has 1 atom stereocenters. The van der Waals surface area contributed by atoms with Crippen LogP contribution in [0.25, 0.3) is 10.9 Å². The highest BCUT2D eigenvalue weighted by Crippen LogP contribution is 2.42. The molecule has 0 saturated heterocycles. The Labute approximate surface area is 214 Å². The van der Waals surface area contributed by atoms with Gasteiger partial charge in [0.15, 0.2) is 11.5 Å². The summed E-state index contributed by atoms with van der Waals surface area (Å²) >= 11 is 0. The maximum Gasteiger partial charge on any atom is 0.290 e. The first-order chi connectivity index (χ1) is 18.0. The van der Waals surface area contributed by atoms with Crippen molar-refractivity contribution in [2.75, 3.05) is 20.8 Å². The molecule has 0 fully saturated rings. The van der Waals surface area contributed by atoms with E-state index in [-0.39, 0.29) is 24.3 Å². The SMILES string of the molecule is COc1ccc2[nH]cc(CCN3C(=O)C(O)=C(C(=O)Cc4ccccc4)[C@H]3c3ccccc3OC)c2c1. The number of aromatic nitrogens is 1. The molecular weight excluding hydrogens is 468 g/mol. The van der Waals surface area contributed by atoms with Crippen molar-refractivity contribution in [2.45, 2.75) is 18.9 Å². The average Bonchev–Trinajstić information content (AvgIpc) is 3.45. The Morgan fingerprint density at radius 2 is 1.76 bits per heavy atom. The number of carbonyl (C=O) groups excluding carboxylic acids is 2. The summed E-state index contributed by atoms with van der Waals surface area (Å²) in [4.78, 5) is 31.7. The van der Waals surface area contributed by atoms with Crippen molar-refractivity contribution < 1.29 is 24.2 Å². The number of aliphatic hydroxyl groups excluding tert-OH is 1. The number of methoxy groups -OCH3 is 2. The molecule has 1 aliphatic heterocycles. The first-order valence-corrected chi connectivity index (χ1v) is 12.1. The molecule has 0 aliphatic carbocycles. The number of amides is 1. The third kappa shape index (κ3) is 4.56. The van der Waals surface area contributed by atoms with Gasteiger partial charge in [-0.25, -0.2) is 0 Å². The fourth-order valence-corrected chi connectivity index (χ4v) is 4.99. The number of aliphatic hydroxyl groups is 1. The Bertz CT molecular complexity index is 1490. The third-order valence-electron chi connectivity index (χ3n) is 6.84. The van der Waals surface area contributed by atoms with Gasteiger partial charge in [0.1, 0.15) is 11.5 Å². The molecule has 37 heavy (non-hydrogen) atoms. The molecule has 1 aromatic heterocycles. The summed E-state index contributed by atoms with van der Waals surface area (Å²) in [6.45, 7) is 0.290. The average molecular weight is 497 g/mol. The highest BCUT2D eigenvalue weighted by Gasteiger charge is 2.44. The molecule has 5 rings (SSSR count). The van der Waals surface area contributed by atoms with E-state index in [2.05, 4.69) is 4.98 Å². The smallest absolute Gasteiger partial charge is 0.290 e. The Balaban J connectivity index is 1.50. The van der Waals surface area contributed by atoms with Crippen LogP contribution in [0.5, 0.6) is 11.5 Å². The summed E-state index contributed by atoms with van der Waals surface area (Å²) in [6.07, 6.45) is 2.50. The van der Waals surface area contributed by atoms with Gasteiger partial charge in [-0.2, -0.15) is 0 Å². The number of nitrogens with one attached hydrogen (secondary N) is 1. The molecule has 0 radical (unpaired) electrons. The van der Waals surface area contributed by atoms with E-state index >= 15 is 0 Å². The van der Waals surface area contributed by atoms with Crippen molar-refractivity contribution in [3.05, 3.63) is 107 Å².